The molecule has 0 unspecified atom stereocenters. The molecular weight excluding hydrogens is 362 g/mol. The maximum atomic E-state index is 12.4. The number of aromatic nitrogens is 1. The summed E-state index contributed by atoms with van der Waals surface area (Å²) in [5.74, 6) is -2.19. The zero-order valence-electron chi connectivity index (χ0n) is 15.0. The number of nitrogens with two attached hydrogens (primary N) is 2. The lowest BCUT2D eigenvalue weighted by molar-refractivity contribution is -0.138. The molecule has 28 heavy (non-hydrogen) atoms. The monoisotopic (exact) mass is 383 g/mol. The highest BCUT2D eigenvalue weighted by Gasteiger charge is 2.20. The molecule has 3 aromatic rings. The minimum atomic E-state index is -1.15. The predicted molar refractivity (Wildman–Crippen MR) is 103 cm³/mol. The van der Waals surface area contributed by atoms with Crippen LogP contribution >= 0.6 is 0 Å². The first-order chi connectivity index (χ1) is 13.3. The molecule has 1 aromatic heterocycles. The molecule has 2 aromatic carbocycles. The highest BCUT2D eigenvalue weighted by Crippen LogP contribution is 2.28. The molecule has 146 valence electrons. The Morgan fingerprint density at radius 1 is 1.07 bits per heavy atom. The number of carboxylic acid groups (broad SMARTS) is 1. The van der Waals surface area contributed by atoms with Crippen molar-refractivity contribution in [2.24, 2.45) is 11.5 Å². The van der Waals surface area contributed by atoms with Crippen LogP contribution in [0.15, 0.2) is 48.7 Å². The second-order valence-corrected chi connectivity index (χ2v) is 6.54. The first-order valence-corrected chi connectivity index (χ1v) is 8.67. The number of hydrogen-bond acceptors (Lipinski definition) is 6. The van der Waals surface area contributed by atoms with E-state index in [0.29, 0.717) is 5.56 Å². The van der Waals surface area contributed by atoms with Crippen LogP contribution in [0.5, 0.6) is 11.5 Å². The lowest BCUT2D eigenvalue weighted by Gasteiger charge is -2.13. The summed E-state index contributed by atoms with van der Waals surface area (Å²) in [4.78, 5) is 26.4. The Morgan fingerprint density at radius 2 is 1.82 bits per heavy atom. The molecule has 1 heterocycles. The maximum absolute atomic E-state index is 12.4. The number of hydrogen-bond donors (Lipinski definition) is 5. The van der Waals surface area contributed by atoms with Crippen molar-refractivity contribution in [1.82, 2.24) is 4.98 Å². The molecule has 0 aliphatic rings. The van der Waals surface area contributed by atoms with Crippen molar-refractivity contribution in [3.8, 4) is 11.5 Å². The molecule has 0 fully saturated rings. The highest BCUT2D eigenvalue weighted by molar-refractivity contribution is 5.85. The van der Waals surface area contributed by atoms with Crippen LogP contribution in [0.2, 0.25) is 0 Å². The van der Waals surface area contributed by atoms with Gasteiger partial charge in [-0.1, -0.05) is 24.3 Å². The third-order valence-corrected chi connectivity index (χ3v) is 4.43. The number of aromatic hydroxyl groups is 1. The van der Waals surface area contributed by atoms with Crippen molar-refractivity contribution in [1.29, 1.82) is 0 Å². The minimum Gasteiger partial charge on any atom is -0.504 e. The number of nitrogens with one attached hydrogen (secondary N) is 1. The fourth-order valence-electron chi connectivity index (χ4n) is 2.91. The largest absolute Gasteiger partial charge is 0.504 e. The average Bonchev–Trinajstić information content (AvgIpc) is 3.07. The number of carbonyl (C=O) groups is 2. The number of carboxylic acids is 1. The first kappa shape index (κ1) is 19.4. The van der Waals surface area contributed by atoms with Gasteiger partial charge in [-0.25, -0.2) is 4.79 Å². The molecule has 0 saturated carbocycles. The van der Waals surface area contributed by atoms with E-state index < -0.39 is 24.0 Å². The van der Waals surface area contributed by atoms with Gasteiger partial charge in [0.05, 0.1) is 0 Å². The number of rotatable bonds is 7. The molecule has 0 spiro atoms. The molecule has 0 radical (unpaired) electrons. The molecule has 0 bridgehead atoms. The Morgan fingerprint density at radius 3 is 2.57 bits per heavy atom. The SMILES string of the molecule is N[C@@H](Cc1ccc(O)c(OC(=O)[C@@H](N)Cc2c[nH]c3ccccc23)c1)C(=O)O. The van der Waals surface area contributed by atoms with Gasteiger partial charge in [0.15, 0.2) is 11.5 Å². The van der Waals surface area contributed by atoms with Crippen molar-refractivity contribution < 1.29 is 24.5 Å². The van der Waals surface area contributed by atoms with Crippen LogP contribution in [0.3, 0.4) is 0 Å². The quantitative estimate of drug-likeness (QED) is 0.305. The van der Waals surface area contributed by atoms with Gasteiger partial charge in [-0.3, -0.25) is 4.79 Å². The zero-order valence-corrected chi connectivity index (χ0v) is 15.0. The van der Waals surface area contributed by atoms with Crippen molar-refractivity contribution in [3.05, 3.63) is 59.8 Å². The van der Waals surface area contributed by atoms with Gasteiger partial charge in [0, 0.05) is 23.5 Å². The summed E-state index contributed by atoms with van der Waals surface area (Å²) in [5.41, 5.74) is 13.8. The molecule has 0 amide bonds. The second kappa shape index (κ2) is 8.12. The van der Waals surface area contributed by atoms with Crippen molar-refractivity contribution in [2.75, 3.05) is 0 Å². The van der Waals surface area contributed by atoms with E-state index in [1.54, 1.807) is 6.20 Å². The number of carbonyl (C=O) groups excluding carboxylic acids is 1. The third kappa shape index (κ3) is 4.30. The van der Waals surface area contributed by atoms with Crippen molar-refractivity contribution >= 4 is 22.8 Å². The summed E-state index contributed by atoms with van der Waals surface area (Å²) in [7, 11) is 0. The van der Waals surface area contributed by atoms with E-state index in [0.717, 1.165) is 16.5 Å². The van der Waals surface area contributed by atoms with Gasteiger partial charge in [0.2, 0.25) is 0 Å². The number of para-hydroxylation sites is 1. The number of phenols is 1. The Labute approximate surface area is 160 Å². The van der Waals surface area contributed by atoms with Gasteiger partial charge in [-0.15, -0.1) is 0 Å². The fourth-order valence-corrected chi connectivity index (χ4v) is 2.91. The molecule has 0 aliphatic heterocycles. The lowest BCUT2D eigenvalue weighted by atomic mass is 10.1. The number of esters is 1. The summed E-state index contributed by atoms with van der Waals surface area (Å²) in [6.07, 6.45) is 2.08. The number of fused-ring (bicyclic) bond motifs is 1. The number of ether oxygens (including phenoxy) is 1. The Balaban J connectivity index is 1.70. The molecule has 8 heteroatoms. The number of aliphatic carboxylic acids is 1. The van der Waals surface area contributed by atoms with Crippen LogP contribution in [0, 0.1) is 0 Å². The maximum Gasteiger partial charge on any atom is 0.328 e. The van der Waals surface area contributed by atoms with E-state index in [-0.39, 0.29) is 24.3 Å². The van der Waals surface area contributed by atoms with Crippen LogP contribution in [0.25, 0.3) is 10.9 Å². The Hall–Kier alpha value is -3.36. The van der Waals surface area contributed by atoms with E-state index in [2.05, 4.69) is 4.98 Å². The number of benzene rings is 2. The molecule has 0 saturated heterocycles. The van der Waals surface area contributed by atoms with Gasteiger partial charge in [0.1, 0.15) is 12.1 Å². The summed E-state index contributed by atoms with van der Waals surface area (Å²) >= 11 is 0. The van der Waals surface area contributed by atoms with Crippen LogP contribution in [-0.2, 0) is 22.4 Å². The van der Waals surface area contributed by atoms with Crippen LogP contribution in [0.1, 0.15) is 11.1 Å². The number of aromatic amines is 1. The van der Waals surface area contributed by atoms with Gasteiger partial charge >= 0.3 is 11.9 Å². The number of H-pyrrole nitrogens is 1. The van der Waals surface area contributed by atoms with Crippen LogP contribution in [0.4, 0.5) is 0 Å². The van der Waals surface area contributed by atoms with Gasteiger partial charge in [-0.2, -0.15) is 0 Å². The highest BCUT2D eigenvalue weighted by atomic mass is 16.5. The van der Waals surface area contributed by atoms with E-state index in [4.69, 9.17) is 21.3 Å². The normalized spacial score (nSPS) is 13.2. The van der Waals surface area contributed by atoms with Gasteiger partial charge in [0.25, 0.3) is 0 Å². The Bertz CT molecular complexity index is 1010. The zero-order chi connectivity index (χ0) is 20.3. The smallest absolute Gasteiger partial charge is 0.328 e. The summed E-state index contributed by atoms with van der Waals surface area (Å²) in [5, 5.41) is 19.8. The first-order valence-electron chi connectivity index (χ1n) is 8.67. The molecule has 2 atom stereocenters. The number of phenolic OH excluding ortho intramolecular Hbond substituents is 1. The van der Waals surface area contributed by atoms with Crippen molar-refractivity contribution in [2.45, 2.75) is 24.9 Å². The Kier molecular flexibility index (Phi) is 5.62. The van der Waals surface area contributed by atoms with Crippen molar-refractivity contribution in [3.63, 3.8) is 0 Å². The van der Waals surface area contributed by atoms with Gasteiger partial charge < -0.3 is 31.4 Å². The summed E-state index contributed by atoms with van der Waals surface area (Å²) < 4.78 is 5.24. The molecule has 0 aliphatic carbocycles. The van der Waals surface area contributed by atoms with E-state index in [1.165, 1.54) is 18.2 Å². The lowest BCUT2D eigenvalue weighted by Crippen LogP contribution is -2.36. The van der Waals surface area contributed by atoms with Gasteiger partial charge in [-0.05, 0) is 35.7 Å². The second-order valence-electron chi connectivity index (χ2n) is 6.54. The minimum absolute atomic E-state index is 0.0293. The van der Waals surface area contributed by atoms with E-state index >= 15 is 0 Å². The van der Waals surface area contributed by atoms with Crippen LogP contribution < -0.4 is 16.2 Å². The predicted octanol–water partition coefficient (Wildman–Crippen LogP) is 1.30. The van der Waals surface area contributed by atoms with E-state index in [9.17, 15) is 14.7 Å². The topological polar surface area (TPSA) is 152 Å². The summed E-state index contributed by atoms with van der Waals surface area (Å²) in [6.45, 7) is 0. The third-order valence-electron chi connectivity index (χ3n) is 4.43. The average molecular weight is 383 g/mol. The van der Waals surface area contributed by atoms with Crippen LogP contribution in [-0.4, -0.2) is 39.2 Å². The standard InChI is InChI=1S/C20H21N3O5/c21-14(19(25)26)7-11-5-6-17(24)18(8-11)28-20(27)15(22)9-12-10-23-16-4-2-1-3-13(12)16/h1-6,8,10,14-15,23-24H,7,9,21-22H2,(H,25,26)/t14-,15-/m0/s1. The fraction of sp³-hybridized carbons (Fsp3) is 0.200. The summed E-state index contributed by atoms with van der Waals surface area (Å²) in [6, 6.07) is 9.83. The van der Waals surface area contributed by atoms with E-state index in [1.807, 2.05) is 24.3 Å². The molecular formula is C20H21N3O5. The molecule has 3 rings (SSSR count). The molecule has 8 nitrogen and oxygen atoms in total. The molecule has 7 N–H and O–H groups in total.